The van der Waals surface area contributed by atoms with Crippen LogP contribution in [0.5, 0.6) is 5.75 Å². The summed E-state index contributed by atoms with van der Waals surface area (Å²) in [6.07, 6.45) is 0. The lowest BCUT2D eigenvalue weighted by Gasteiger charge is -2.30. The Hall–Kier alpha value is -1.32. The smallest absolute Gasteiger partial charge is 0.125 e. The van der Waals surface area contributed by atoms with Crippen molar-refractivity contribution in [1.29, 1.82) is 0 Å². The van der Waals surface area contributed by atoms with Crippen LogP contribution in [0.3, 0.4) is 0 Å². The minimum atomic E-state index is -0.251. The second-order valence-corrected chi connectivity index (χ2v) is 6.94. The second-order valence-electron chi connectivity index (χ2n) is 6.09. The molecule has 2 aromatic rings. The van der Waals surface area contributed by atoms with Crippen molar-refractivity contribution in [3.05, 3.63) is 64.1 Å². The zero-order valence-electron chi connectivity index (χ0n) is 12.6. The Morgan fingerprint density at radius 2 is 1.76 bits per heavy atom. The molecule has 3 rings (SSSR count). The maximum atomic E-state index is 6.10. The Balaban J connectivity index is 1.89. The number of rotatable bonds is 3. The van der Waals surface area contributed by atoms with Gasteiger partial charge in [0.1, 0.15) is 11.4 Å². The fourth-order valence-electron chi connectivity index (χ4n) is 2.99. The largest absolute Gasteiger partial charge is 0.486 e. The minimum Gasteiger partial charge on any atom is -0.486 e. The molecule has 2 nitrogen and oxygen atoms in total. The summed E-state index contributed by atoms with van der Waals surface area (Å²) < 4.78 is 7.23. The molecule has 0 radical (unpaired) electrons. The Labute approximate surface area is 134 Å². The molecule has 0 aromatic heterocycles. The van der Waals surface area contributed by atoms with Gasteiger partial charge in [-0.25, -0.2) is 0 Å². The summed E-state index contributed by atoms with van der Waals surface area (Å²) in [5.74, 6) is 0.985. The third kappa shape index (κ3) is 2.72. The second kappa shape index (κ2) is 5.47. The molecule has 110 valence electrons. The van der Waals surface area contributed by atoms with E-state index in [9.17, 15) is 0 Å². The molecule has 0 aliphatic carbocycles. The van der Waals surface area contributed by atoms with Crippen molar-refractivity contribution in [3.8, 4) is 5.75 Å². The van der Waals surface area contributed by atoms with Gasteiger partial charge in [0.2, 0.25) is 0 Å². The Kier molecular flexibility index (Phi) is 3.80. The van der Waals surface area contributed by atoms with E-state index in [4.69, 9.17) is 4.74 Å². The van der Waals surface area contributed by atoms with E-state index >= 15 is 0 Å². The molecule has 0 spiro atoms. The summed E-state index contributed by atoms with van der Waals surface area (Å²) in [6.45, 7) is 6.46. The van der Waals surface area contributed by atoms with Gasteiger partial charge in [-0.15, -0.1) is 0 Å². The molecule has 2 aromatic carbocycles. The van der Waals surface area contributed by atoms with Gasteiger partial charge >= 0.3 is 0 Å². The van der Waals surface area contributed by atoms with Gasteiger partial charge in [-0.3, -0.25) is 5.32 Å². The molecular weight excluding hydrogens is 326 g/mol. The SMILES string of the molecule is C[C@@H](NC1c2ccccc2OC1(C)C)c1ccccc1Br. The van der Waals surface area contributed by atoms with E-state index in [2.05, 4.69) is 72.3 Å². The molecule has 21 heavy (non-hydrogen) atoms. The van der Waals surface area contributed by atoms with Crippen LogP contribution in [0.4, 0.5) is 0 Å². The van der Waals surface area contributed by atoms with Crippen molar-refractivity contribution in [1.82, 2.24) is 5.32 Å². The van der Waals surface area contributed by atoms with Crippen molar-refractivity contribution in [2.45, 2.75) is 38.5 Å². The number of para-hydroxylation sites is 1. The highest BCUT2D eigenvalue weighted by atomic mass is 79.9. The molecule has 0 fully saturated rings. The van der Waals surface area contributed by atoms with Crippen molar-refractivity contribution in [3.63, 3.8) is 0 Å². The van der Waals surface area contributed by atoms with E-state index < -0.39 is 0 Å². The van der Waals surface area contributed by atoms with E-state index in [0.29, 0.717) is 0 Å². The van der Waals surface area contributed by atoms with Crippen LogP contribution in [0.1, 0.15) is 44.0 Å². The zero-order valence-corrected chi connectivity index (χ0v) is 14.1. The highest BCUT2D eigenvalue weighted by molar-refractivity contribution is 9.10. The summed E-state index contributed by atoms with van der Waals surface area (Å²) in [4.78, 5) is 0. The molecule has 0 amide bonds. The van der Waals surface area contributed by atoms with Crippen molar-refractivity contribution in [2.24, 2.45) is 0 Å². The predicted molar refractivity (Wildman–Crippen MR) is 89.6 cm³/mol. The van der Waals surface area contributed by atoms with E-state index in [1.165, 1.54) is 11.1 Å². The molecule has 0 saturated heterocycles. The van der Waals surface area contributed by atoms with Crippen LogP contribution in [0.25, 0.3) is 0 Å². The van der Waals surface area contributed by atoms with E-state index in [1.807, 2.05) is 18.2 Å². The first kappa shape index (κ1) is 14.6. The predicted octanol–water partition coefficient (Wildman–Crippen LogP) is 5.01. The van der Waals surface area contributed by atoms with Gasteiger partial charge in [0, 0.05) is 16.1 Å². The molecule has 1 heterocycles. The molecule has 1 aliphatic heterocycles. The van der Waals surface area contributed by atoms with Crippen LogP contribution < -0.4 is 10.1 Å². The topological polar surface area (TPSA) is 21.3 Å². The van der Waals surface area contributed by atoms with Crippen LogP contribution in [0, 0.1) is 0 Å². The van der Waals surface area contributed by atoms with Gasteiger partial charge in [0.25, 0.3) is 0 Å². The van der Waals surface area contributed by atoms with E-state index in [-0.39, 0.29) is 17.7 Å². The van der Waals surface area contributed by atoms with Gasteiger partial charge in [-0.1, -0.05) is 52.3 Å². The lowest BCUT2D eigenvalue weighted by atomic mass is 9.93. The fourth-order valence-corrected chi connectivity index (χ4v) is 3.61. The maximum Gasteiger partial charge on any atom is 0.125 e. The Bertz CT molecular complexity index is 653. The highest BCUT2D eigenvalue weighted by Crippen LogP contribution is 2.44. The quantitative estimate of drug-likeness (QED) is 0.843. The number of benzene rings is 2. The van der Waals surface area contributed by atoms with Crippen molar-refractivity contribution in [2.75, 3.05) is 0 Å². The van der Waals surface area contributed by atoms with Gasteiger partial charge in [-0.05, 0) is 38.5 Å². The van der Waals surface area contributed by atoms with Gasteiger partial charge in [0.05, 0.1) is 6.04 Å². The summed E-state index contributed by atoms with van der Waals surface area (Å²) in [7, 11) is 0. The normalized spacial score (nSPS) is 20.7. The van der Waals surface area contributed by atoms with Crippen molar-refractivity contribution < 1.29 is 4.74 Å². The average molecular weight is 346 g/mol. The number of nitrogens with one attached hydrogen (secondary N) is 1. The van der Waals surface area contributed by atoms with E-state index in [1.54, 1.807) is 0 Å². The van der Waals surface area contributed by atoms with E-state index in [0.717, 1.165) is 10.2 Å². The third-order valence-electron chi connectivity index (χ3n) is 4.09. The first-order chi connectivity index (χ1) is 9.99. The third-order valence-corrected chi connectivity index (χ3v) is 4.81. The minimum absolute atomic E-state index is 0.177. The molecule has 3 heteroatoms. The lowest BCUT2D eigenvalue weighted by Crippen LogP contribution is -2.40. The monoisotopic (exact) mass is 345 g/mol. The average Bonchev–Trinajstić information content (AvgIpc) is 2.70. The fraction of sp³-hybridized carbons (Fsp3) is 0.333. The number of hydrogen-bond acceptors (Lipinski definition) is 2. The molecule has 0 saturated carbocycles. The number of fused-ring (bicyclic) bond motifs is 1. The van der Waals surface area contributed by atoms with Gasteiger partial charge in [0.15, 0.2) is 0 Å². The van der Waals surface area contributed by atoms with Crippen LogP contribution in [-0.4, -0.2) is 5.60 Å². The highest BCUT2D eigenvalue weighted by Gasteiger charge is 2.41. The molecule has 0 bridgehead atoms. The summed E-state index contributed by atoms with van der Waals surface area (Å²) >= 11 is 3.64. The first-order valence-electron chi connectivity index (χ1n) is 7.27. The van der Waals surface area contributed by atoms with Gasteiger partial charge in [-0.2, -0.15) is 0 Å². The molecule has 1 N–H and O–H groups in total. The van der Waals surface area contributed by atoms with Crippen LogP contribution in [0.15, 0.2) is 53.0 Å². The lowest BCUT2D eigenvalue weighted by molar-refractivity contribution is 0.0919. The molecule has 2 atom stereocenters. The van der Waals surface area contributed by atoms with Crippen LogP contribution in [0.2, 0.25) is 0 Å². The van der Waals surface area contributed by atoms with Crippen molar-refractivity contribution >= 4 is 15.9 Å². The summed E-state index contributed by atoms with van der Waals surface area (Å²) in [6, 6.07) is 17.0. The maximum absolute atomic E-state index is 6.10. The standard InChI is InChI=1S/C18H20BrNO/c1-12(13-8-4-6-10-15(13)19)20-17-14-9-5-7-11-16(14)21-18(17,2)3/h4-12,17,20H,1-3H3/t12-,17?/m1/s1. The summed E-state index contributed by atoms with van der Waals surface area (Å²) in [5.41, 5.74) is 2.25. The number of halogens is 1. The number of ether oxygens (including phenoxy) is 1. The van der Waals surface area contributed by atoms with Crippen LogP contribution >= 0.6 is 15.9 Å². The summed E-state index contributed by atoms with van der Waals surface area (Å²) in [5, 5.41) is 3.73. The Morgan fingerprint density at radius 1 is 1.10 bits per heavy atom. The molecule has 1 aliphatic rings. The van der Waals surface area contributed by atoms with Gasteiger partial charge < -0.3 is 4.74 Å². The molecular formula is C18H20BrNO. The first-order valence-corrected chi connectivity index (χ1v) is 8.07. The zero-order chi connectivity index (χ0) is 15.0. The number of hydrogen-bond donors (Lipinski definition) is 1. The Morgan fingerprint density at radius 3 is 2.52 bits per heavy atom. The molecule has 1 unspecified atom stereocenters. The van der Waals surface area contributed by atoms with Crippen LogP contribution in [-0.2, 0) is 0 Å².